The van der Waals surface area contributed by atoms with Crippen LogP contribution >= 0.6 is 15.9 Å². The molecule has 0 atom stereocenters. The first kappa shape index (κ1) is 15.0. The average molecular weight is 346 g/mol. The molecule has 0 N–H and O–H groups in total. The first-order chi connectivity index (χ1) is 10.0. The van der Waals surface area contributed by atoms with Crippen LogP contribution in [-0.4, -0.2) is 12.0 Å². The zero-order valence-corrected chi connectivity index (χ0v) is 12.9. The first-order valence-electron chi connectivity index (χ1n) is 6.15. The Kier molecular flexibility index (Phi) is 4.55. The Balaban J connectivity index is 2.17. The average Bonchev–Trinajstić information content (AvgIpc) is 2.49. The SMILES string of the molecule is CN(Cc1ccc([N+](=O)[O-])cc1Br)c1ccc(C#N)cc1. The topological polar surface area (TPSA) is 70.2 Å². The fourth-order valence-electron chi connectivity index (χ4n) is 1.92. The number of nitro groups is 1. The van der Waals surface area contributed by atoms with Gasteiger partial charge in [0.15, 0.2) is 0 Å². The van der Waals surface area contributed by atoms with E-state index in [1.807, 2.05) is 24.1 Å². The molecular formula is C15H12BrN3O2. The lowest BCUT2D eigenvalue weighted by atomic mass is 10.1. The number of nitro benzene ring substituents is 1. The first-order valence-corrected chi connectivity index (χ1v) is 6.94. The number of rotatable bonds is 4. The van der Waals surface area contributed by atoms with E-state index in [1.165, 1.54) is 12.1 Å². The molecule has 0 saturated carbocycles. The summed E-state index contributed by atoms with van der Waals surface area (Å²) >= 11 is 3.37. The molecule has 21 heavy (non-hydrogen) atoms. The summed E-state index contributed by atoms with van der Waals surface area (Å²) in [7, 11) is 1.93. The Morgan fingerprint density at radius 3 is 2.48 bits per heavy atom. The lowest BCUT2D eigenvalue weighted by Crippen LogP contribution is -2.16. The third kappa shape index (κ3) is 3.58. The number of nitrogens with zero attached hydrogens (tertiary/aromatic N) is 3. The van der Waals surface area contributed by atoms with Crippen LogP contribution < -0.4 is 4.90 Å². The number of non-ortho nitro benzene ring substituents is 1. The van der Waals surface area contributed by atoms with Crippen molar-refractivity contribution in [3.8, 4) is 6.07 Å². The third-order valence-corrected chi connectivity index (χ3v) is 3.83. The lowest BCUT2D eigenvalue weighted by molar-refractivity contribution is -0.384. The molecule has 2 rings (SSSR count). The predicted molar refractivity (Wildman–Crippen MR) is 84.1 cm³/mol. The Morgan fingerprint density at radius 1 is 1.29 bits per heavy atom. The number of nitriles is 1. The summed E-state index contributed by atoms with van der Waals surface area (Å²) in [6.45, 7) is 0.602. The van der Waals surface area contributed by atoms with Gasteiger partial charge >= 0.3 is 0 Å². The molecule has 0 unspecified atom stereocenters. The summed E-state index contributed by atoms with van der Waals surface area (Å²) in [6.07, 6.45) is 0. The normalized spacial score (nSPS) is 9.95. The van der Waals surface area contributed by atoms with Crippen molar-refractivity contribution in [1.29, 1.82) is 5.26 Å². The molecule has 6 heteroatoms. The number of anilines is 1. The van der Waals surface area contributed by atoms with Crippen LogP contribution in [0.2, 0.25) is 0 Å². The highest BCUT2D eigenvalue weighted by molar-refractivity contribution is 9.10. The van der Waals surface area contributed by atoms with Gasteiger partial charge in [-0.25, -0.2) is 0 Å². The van der Waals surface area contributed by atoms with Crippen molar-refractivity contribution in [2.45, 2.75) is 6.54 Å². The fourth-order valence-corrected chi connectivity index (χ4v) is 2.41. The molecular weight excluding hydrogens is 334 g/mol. The summed E-state index contributed by atoms with van der Waals surface area (Å²) in [6, 6.07) is 14.1. The van der Waals surface area contributed by atoms with E-state index < -0.39 is 4.92 Å². The molecule has 0 heterocycles. The van der Waals surface area contributed by atoms with Crippen molar-refractivity contribution in [3.05, 3.63) is 68.2 Å². The molecule has 2 aromatic carbocycles. The predicted octanol–water partition coefficient (Wildman–Crippen LogP) is 3.87. The number of hydrogen-bond acceptors (Lipinski definition) is 4. The van der Waals surface area contributed by atoms with E-state index >= 15 is 0 Å². The fraction of sp³-hybridized carbons (Fsp3) is 0.133. The van der Waals surface area contributed by atoms with Crippen LogP contribution in [0, 0.1) is 21.4 Å². The molecule has 0 aliphatic carbocycles. The Labute approximate surface area is 130 Å². The van der Waals surface area contributed by atoms with Gasteiger partial charge in [0, 0.05) is 35.9 Å². The summed E-state index contributed by atoms with van der Waals surface area (Å²) < 4.78 is 0.706. The van der Waals surface area contributed by atoms with Gasteiger partial charge in [-0.15, -0.1) is 0 Å². The van der Waals surface area contributed by atoms with E-state index in [0.717, 1.165) is 11.3 Å². The van der Waals surface area contributed by atoms with Gasteiger partial charge in [0.2, 0.25) is 0 Å². The van der Waals surface area contributed by atoms with Crippen molar-refractivity contribution in [2.75, 3.05) is 11.9 Å². The second kappa shape index (κ2) is 6.37. The van der Waals surface area contributed by atoms with Crippen molar-refractivity contribution in [1.82, 2.24) is 0 Å². The van der Waals surface area contributed by atoms with Crippen LogP contribution in [0.25, 0.3) is 0 Å². The Bertz CT molecular complexity index is 708. The van der Waals surface area contributed by atoms with E-state index in [-0.39, 0.29) is 5.69 Å². The third-order valence-electron chi connectivity index (χ3n) is 3.09. The van der Waals surface area contributed by atoms with Crippen LogP contribution in [0.4, 0.5) is 11.4 Å². The van der Waals surface area contributed by atoms with Crippen LogP contribution in [0.1, 0.15) is 11.1 Å². The summed E-state index contributed by atoms with van der Waals surface area (Å²) in [5.74, 6) is 0. The van der Waals surface area contributed by atoms with Crippen molar-refractivity contribution >= 4 is 27.3 Å². The van der Waals surface area contributed by atoms with Crippen LogP contribution in [0.15, 0.2) is 46.9 Å². The standard InChI is InChI=1S/C15H12BrN3O2/c1-18(13-5-2-11(9-17)3-6-13)10-12-4-7-14(19(20)21)8-15(12)16/h2-8H,10H2,1H3. The molecule has 0 aliphatic rings. The molecule has 0 radical (unpaired) electrons. The minimum atomic E-state index is -0.418. The van der Waals surface area contributed by atoms with Gasteiger partial charge in [0.25, 0.3) is 5.69 Å². The van der Waals surface area contributed by atoms with E-state index in [9.17, 15) is 10.1 Å². The Morgan fingerprint density at radius 2 is 1.95 bits per heavy atom. The highest BCUT2D eigenvalue weighted by Crippen LogP contribution is 2.25. The maximum Gasteiger partial charge on any atom is 0.270 e. The van der Waals surface area contributed by atoms with Gasteiger partial charge in [-0.1, -0.05) is 15.9 Å². The van der Waals surface area contributed by atoms with Crippen molar-refractivity contribution in [2.24, 2.45) is 0 Å². The smallest absolute Gasteiger partial charge is 0.270 e. The lowest BCUT2D eigenvalue weighted by Gasteiger charge is -2.20. The van der Waals surface area contributed by atoms with Gasteiger partial charge in [-0.2, -0.15) is 5.26 Å². The van der Waals surface area contributed by atoms with E-state index in [4.69, 9.17) is 5.26 Å². The van der Waals surface area contributed by atoms with E-state index in [1.54, 1.807) is 18.2 Å². The summed E-state index contributed by atoms with van der Waals surface area (Å²) in [4.78, 5) is 12.3. The summed E-state index contributed by atoms with van der Waals surface area (Å²) in [5, 5.41) is 19.5. The molecule has 0 aliphatic heterocycles. The van der Waals surface area contributed by atoms with Crippen LogP contribution in [-0.2, 0) is 6.54 Å². The molecule has 0 fully saturated rings. The van der Waals surface area contributed by atoms with E-state index in [2.05, 4.69) is 22.0 Å². The van der Waals surface area contributed by atoms with Gasteiger partial charge < -0.3 is 4.90 Å². The second-order valence-electron chi connectivity index (χ2n) is 4.55. The van der Waals surface area contributed by atoms with Crippen molar-refractivity contribution in [3.63, 3.8) is 0 Å². The molecule has 106 valence electrons. The highest BCUT2D eigenvalue weighted by Gasteiger charge is 2.11. The monoisotopic (exact) mass is 345 g/mol. The largest absolute Gasteiger partial charge is 0.370 e. The molecule has 0 spiro atoms. The second-order valence-corrected chi connectivity index (χ2v) is 5.40. The maximum absolute atomic E-state index is 10.7. The zero-order valence-electron chi connectivity index (χ0n) is 11.3. The minimum Gasteiger partial charge on any atom is -0.370 e. The molecule has 0 saturated heterocycles. The molecule has 2 aromatic rings. The van der Waals surface area contributed by atoms with Crippen LogP contribution in [0.5, 0.6) is 0 Å². The number of hydrogen-bond donors (Lipinski definition) is 0. The van der Waals surface area contributed by atoms with Gasteiger partial charge in [0.1, 0.15) is 0 Å². The maximum atomic E-state index is 10.7. The van der Waals surface area contributed by atoms with Gasteiger partial charge in [-0.3, -0.25) is 10.1 Å². The van der Waals surface area contributed by atoms with Crippen LogP contribution in [0.3, 0.4) is 0 Å². The highest BCUT2D eigenvalue weighted by atomic mass is 79.9. The zero-order chi connectivity index (χ0) is 15.4. The molecule has 0 amide bonds. The van der Waals surface area contributed by atoms with Crippen molar-refractivity contribution < 1.29 is 4.92 Å². The quantitative estimate of drug-likeness (QED) is 0.623. The van der Waals surface area contributed by atoms with E-state index in [0.29, 0.717) is 16.6 Å². The molecule has 0 bridgehead atoms. The minimum absolute atomic E-state index is 0.0617. The Hall–Kier alpha value is -2.39. The molecule has 0 aromatic heterocycles. The molecule has 5 nitrogen and oxygen atoms in total. The number of benzene rings is 2. The number of halogens is 1. The van der Waals surface area contributed by atoms with Gasteiger partial charge in [-0.05, 0) is 35.9 Å². The van der Waals surface area contributed by atoms with Gasteiger partial charge in [0.05, 0.1) is 16.6 Å². The summed E-state index contributed by atoms with van der Waals surface area (Å²) in [5.41, 5.74) is 2.60.